The van der Waals surface area contributed by atoms with Gasteiger partial charge in [0.25, 0.3) is 5.91 Å². The minimum absolute atomic E-state index is 0.182. The van der Waals surface area contributed by atoms with Crippen LogP contribution in [0, 0.1) is 5.92 Å². The number of hydrogen-bond donors (Lipinski definition) is 1. The number of pyridine rings is 1. The first-order chi connectivity index (χ1) is 8.16. The Bertz CT molecular complexity index is 419. The maximum Gasteiger partial charge on any atom is 0.252 e. The van der Waals surface area contributed by atoms with E-state index in [0.29, 0.717) is 17.1 Å². The lowest BCUT2D eigenvalue weighted by Gasteiger charge is -2.25. The van der Waals surface area contributed by atoms with E-state index in [1.54, 1.807) is 0 Å². The summed E-state index contributed by atoms with van der Waals surface area (Å²) < 4.78 is 0. The fourth-order valence-electron chi connectivity index (χ4n) is 1.85. The largest absolute Gasteiger partial charge is 0.352 e. The predicted octanol–water partition coefficient (Wildman–Crippen LogP) is 3.31. The van der Waals surface area contributed by atoms with Gasteiger partial charge in [-0.25, -0.2) is 4.98 Å². The highest BCUT2D eigenvalue weighted by atomic mass is 35.5. The summed E-state index contributed by atoms with van der Waals surface area (Å²) in [4.78, 5) is 15.6. The number of nitrogens with zero attached hydrogens (tertiary/aromatic N) is 1. The fourth-order valence-corrected chi connectivity index (χ4v) is 2.20. The lowest BCUT2D eigenvalue weighted by atomic mass is 9.83. The number of rotatable bonds is 4. The molecule has 0 atom stereocenters. The summed E-state index contributed by atoms with van der Waals surface area (Å²) in [6.07, 6.45) is 6.34. The molecular formula is C12H14Cl2N2O. The van der Waals surface area contributed by atoms with Crippen molar-refractivity contribution in [2.24, 2.45) is 5.92 Å². The Morgan fingerprint density at radius 3 is 2.88 bits per heavy atom. The SMILES string of the molecule is O=C(NCCC1CCC1)c1cc(Cl)ncc1Cl. The minimum Gasteiger partial charge on any atom is -0.352 e. The molecule has 0 bridgehead atoms. The van der Waals surface area contributed by atoms with Crippen LogP contribution in [0.4, 0.5) is 0 Å². The smallest absolute Gasteiger partial charge is 0.252 e. The fraction of sp³-hybridized carbons (Fsp3) is 0.500. The molecule has 1 fully saturated rings. The summed E-state index contributed by atoms with van der Waals surface area (Å²) in [5.74, 6) is 0.602. The van der Waals surface area contributed by atoms with Gasteiger partial charge in [-0.3, -0.25) is 4.79 Å². The third-order valence-electron chi connectivity index (χ3n) is 3.13. The number of halogens is 2. The second-order valence-corrected chi connectivity index (χ2v) is 5.12. The van der Waals surface area contributed by atoms with Crippen molar-refractivity contribution in [2.45, 2.75) is 25.7 Å². The molecule has 5 heteroatoms. The van der Waals surface area contributed by atoms with Crippen LogP contribution in [0.15, 0.2) is 12.3 Å². The zero-order valence-electron chi connectivity index (χ0n) is 9.38. The molecule has 1 aromatic heterocycles. The summed E-state index contributed by atoms with van der Waals surface area (Å²) in [5, 5.41) is 3.46. The van der Waals surface area contributed by atoms with Gasteiger partial charge >= 0.3 is 0 Å². The van der Waals surface area contributed by atoms with Crippen LogP contribution in [0.1, 0.15) is 36.0 Å². The Kier molecular flexibility index (Phi) is 4.24. The molecule has 0 saturated heterocycles. The standard InChI is InChI=1S/C12H14Cl2N2O/c13-10-7-16-11(14)6-9(10)12(17)15-5-4-8-2-1-3-8/h6-8H,1-5H2,(H,15,17). The third kappa shape index (κ3) is 3.33. The van der Waals surface area contributed by atoms with Crippen molar-refractivity contribution in [2.75, 3.05) is 6.54 Å². The summed E-state index contributed by atoms with van der Waals surface area (Å²) >= 11 is 11.6. The van der Waals surface area contributed by atoms with Crippen LogP contribution in [0.2, 0.25) is 10.2 Å². The molecule has 17 heavy (non-hydrogen) atoms. The predicted molar refractivity (Wildman–Crippen MR) is 68.5 cm³/mol. The molecule has 0 aromatic carbocycles. The van der Waals surface area contributed by atoms with Crippen molar-refractivity contribution < 1.29 is 4.79 Å². The average molecular weight is 273 g/mol. The van der Waals surface area contributed by atoms with Gasteiger partial charge in [0.15, 0.2) is 0 Å². The zero-order chi connectivity index (χ0) is 12.3. The van der Waals surface area contributed by atoms with Gasteiger partial charge in [0.05, 0.1) is 10.6 Å². The van der Waals surface area contributed by atoms with Crippen LogP contribution in [0.25, 0.3) is 0 Å². The van der Waals surface area contributed by atoms with Gasteiger partial charge in [0.2, 0.25) is 0 Å². The van der Waals surface area contributed by atoms with E-state index >= 15 is 0 Å². The van der Waals surface area contributed by atoms with Crippen molar-refractivity contribution in [3.8, 4) is 0 Å². The summed E-state index contributed by atoms with van der Waals surface area (Å²) in [6.45, 7) is 0.694. The summed E-state index contributed by atoms with van der Waals surface area (Å²) in [7, 11) is 0. The van der Waals surface area contributed by atoms with Crippen molar-refractivity contribution >= 4 is 29.1 Å². The molecule has 1 amide bonds. The second-order valence-electron chi connectivity index (χ2n) is 4.33. The third-order valence-corrected chi connectivity index (χ3v) is 3.64. The van der Waals surface area contributed by atoms with Gasteiger partial charge in [-0.1, -0.05) is 42.5 Å². The zero-order valence-corrected chi connectivity index (χ0v) is 10.9. The lowest BCUT2D eigenvalue weighted by Crippen LogP contribution is -2.27. The van der Waals surface area contributed by atoms with E-state index in [-0.39, 0.29) is 11.1 Å². The molecule has 1 aromatic rings. The molecule has 92 valence electrons. The highest BCUT2D eigenvalue weighted by molar-refractivity contribution is 6.35. The van der Waals surface area contributed by atoms with E-state index in [0.717, 1.165) is 12.3 Å². The molecule has 0 unspecified atom stereocenters. The molecule has 1 aliphatic rings. The minimum atomic E-state index is -0.182. The first-order valence-corrected chi connectivity index (χ1v) is 6.51. The molecule has 1 N–H and O–H groups in total. The van der Waals surface area contributed by atoms with Gasteiger partial charge in [-0.2, -0.15) is 0 Å². The molecule has 0 aliphatic heterocycles. The summed E-state index contributed by atoms with van der Waals surface area (Å²) in [6, 6.07) is 1.49. The molecule has 2 rings (SSSR count). The van der Waals surface area contributed by atoms with Crippen LogP contribution < -0.4 is 5.32 Å². The Labute approximate surface area is 111 Å². The topological polar surface area (TPSA) is 42.0 Å². The van der Waals surface area contributed by atoms with E-state index in [1.165, 1.54) is 31.5 Å². The molecule has 0 spiro atoms. The maximum absolute atomic E-state index is 11.8. The maximum atomic E-state index is 11.8. The van der Waals surface area contributed by atoms with Crippen LogP contribution in [-0.2, 0) is 0 Å². The molecular weight excluding hydrogens is 259 g/mol. The number of carbonyl (C=O) groups is 1. The Morgan fingerprint density at radius 1 is 1.47 bits per heavy atom. The molecule has 0 radical (unpaired) electrons. The molecule has 3 nitrogen and oxygen atoms in total. The normalized spacial score (nSPS) is 15.4. The lowest BCUT2D eigenvalue weighted by molar-refractivity contribution is 0.0949. The second kappa shape index (κ2) is 5.69. The van der Waals surface area contributed by atoms with Crippen molar-refractivity contribution in [3.63, 3.8) is 0 Å². The molecule has 1 saturated carbocycles. The molecule has 1 heterocycles. The Hall–Kier alpha value is -0.800. The summed E-state index contributed by atoms with van der Waals surface area (Å²) in [5.41, 5.74) is 0.389. The average Bonchev–Trinajstić information content (AvgIpc) is 2.25. The van der Waals surface area contributed by atoms with Crippen LogP contribution in [-0.4, -0.2) is 17.4 Å². The van der Waals surface area contributed by atoms with Gasteiger partial charge in [-0.15, -0.1) is 0 Å². The highest BCUT2D eigenvalue weighted by Crippen LogP contribution is 2.28. The van der Waals surface area contributed by atoms with Gasteiger partial charge in [0.1, 0.15) is 5.15 Å². The van der Waals surface area contributed by atoms with Crippen LogP contribution in [0.3, 0.4) is 0 Å². The van der Waals surface area contributed by atoms with Gasteiger partial charge in [-0.05, 0) is 18.4 Å². The highest BCUT2D eigenvalue weighted by Gasteiger charge is 2.17. The monoisotopic (exact) mass is 272 g/mol. The van der Waals surface area contributed by atoms with Gasteiger partial charge < -0.3 is 5.32 Å². The van der Waals surface area contributed by atoms with E-state index in [4.69, 9.17) is 23.2 Å². The van der Waals surface area contributed by atoms with E-state index < -0.39 is 0 Å². The van der Waals surface area contributed by atoms with Crippen LogP contribution in [0.5, 0.6) is 0 Å². The molecule has 1 aliphatic carbocycles. The van der Waals surface area contributed by atoms with Crippen LogP contribution >= 0.6 is 23.2 Å². The van der Waals surface area contributed by atoms with Crippen molar-refractivity contribution in [1.82, 2.24) is 10.3 Å². The quantitative estimate of drug-likeness (QED) is 0.855. The first kappa shape index (κ1) is 12.7. The van der Waals surface area contributed by atoms with E-state index in [9.17, 15) is 4.79 Å². The van der Waals surface area contributed by atoms with E-state index in [2.05, 4.69) is 10.3 Å². The number of amides is 1. The number of nitrogens with one attached hydrogen (secondary N) is 1. The Morgan fingerprint density at radius 2 is 2.24 bits per heavy atom. The van der Waals surface area contributed by atoms with Crippen molar-refractivity contribution in [3.05, 3.63) is 28.0 Å². The number of aromatic nitrogens is 1. The van der Waals surface area contributed by atoms with E-state index in [1.807, 2.05) is 0 Å². The number of hydrogen-bond acceptors (Lipinski definition) is 2. The first-order valence-electron chi connectivity index (χ1n) is 5.76. The number of carbonyl (C=O) groups excluding carboxylic acids is 1. The Balaban J connectivity index is 1.87. The van der Waals surface area contributed by atoms with Gasteiger partial charge in [0, 0.05) is 12.7 Å². The van der Waals surface area contributed by atoms with Crippen molar-refractivity contribution in [1.29, 1.82) is 0 Å².